The third-order valence-corrected chi connectivity index (χ3v) is 3.86. The summed E-state index contributed by atoms with van der Waals surface area (Å²) in [5.41, 5.74) is 0.838. The van der Waals surface area contributed by atoms with Crippen LogP contribution < -0.4 is 0 Å². The highest BCUT2D eigenvalue weighted by atomic mass is 32.1. The molecule has 0 fully saturated rings. The van der Waals surface area contributed by atoms with Crippen molar-refractivity contribution in [2.75, 3.05) is 7.05 Å². The fraction of sp³-hybridized carbons (Fsp3) is 0.308. The minimum atomic E-state index is -4.94. The summed E-state index contributed by atoms with van der Waals surface area (Å²) in [5.74, 6) is -1.85. The Balaban J connectivity index is 2.10. The van der Waals surface area contributed by atoms with Crippen LogP contribution in [0.5, 0.6) is 0 Å². The van der Waals surface area contributed by atoms with Gasteiger partial charge in [-0.05, 0) is 19.1 Å². The monoisotopic (exact) mass is 331 g/mol. The zero-order chi connectivity index (χ0) is 16.5. The molecule has 2 aromatic heterocycles. The number of Topliss-reactive ketones (excluding diaryl/α,β-unsaturated/α-hetero) is 1. The molecule has 1 N–H and O–H groups in total. The summed E-state index contributed by atoms with van der Waals surface area (Å²) in [5, 5.41) is 0. The molecule has 0 radical (unpaired) electrons. The number of alkyl halides is 3. The van der Waals surface area contributed by atoms with E-state index in [2.05, 4.69) is 9.97 Å². The molecule has 0 aromatic carbocycles. The molecule has 0 saturated heterocycles. The van der Waals surface area contributed by atoms with Gasteiger partial charge in [0.15, 0.2) is 0 Å². The number of amides is 1. The van der Waals surface area contributed by atoms with E-state index in [1.165, 1.54) is 18.0 Å². The van der Waals surface area contributed by atoms with Gasteiger partial charge in [0.1, 0.15) is 5.82 Å². The molecule has 0 atom stereocenters. The first kappa shape index (κ1) is 16.2. The summed E-state index contributed by atoms with van der Waals surface area (Å²) < 4.78 is 37.0. The molecule has 118 valence electrons. The van der Waals surface area contributed by atoms with E-state index in [0.717, 1.165) is 11.8 Å². The number of hydrogen-bond acceptors (Lipinski definition) is 4. The van der Waals surface area contributed by atoms with Crippen molar-refractivity contribution in [2.45, 2.75) is 19.6 Å². The Morgan fingerprint density at radius 3 is 2.50 bits per heavy atom. The summed E-state index contributed by atoms with van der Waals surface area (Å²) in [6, 6.07) is 2.23. The molecule has 9 heteroatoms. The van der Waals surface area contributed by atoms with Crippen LogP contribution >= 0.6 is 11.3 Å². The van der Waals surface area contributed by atoms with Gasteiger partial charge in [-0.2, -0.15) is 13.2 Å². The maximum Gasteiger partial charge on any atom is 0.455 e. The third kappa shape index (κ3) is 3.53. The first-order valence-electron chi connectivity index (χ1n) is 6.16. The van der Waals surface area contributed by atoms with E-state index in [0.29, 0.717) is 17.2 Å². The third-order valence-electron chi connectivity index (χ3n) is 2.79. The van der Waals surface area contributed by atoms with E-state index in [1.807, 2.05) is 6.92 Å². The second-order valence-electron chi connectivity index (χ2n) is 4.66. The lowest BCUT2D eigenvalue weighted by Gasteiger charge is -2.14. The number of nitrogens with one attached hydrogen (secondary N) is 1. The summed E-state index contributed by atoms with van der Waals surface area (Å²) in [6.45, 7) is 2.00. The number of rotatable bonds is 4. The molecule has 0 bridgehead atoms. The van der Waals surface area contributed by atoms with E-state index in [1.54, 1.807) is 6.20 Å². The molecule has 0 aliphatic rings. The Morgan fingerprint density at radius 1 is 1.32 bits per heavy atom. The van der Waals surface area contributed by atoms with Gasteiger partial charge in [-0.3, -0.25) is 9.59 Å². The van der Waals surface area contributed by atoms with Gasteiger partial charge in [-0.25, -0.2) is 4.98 Å². The molecule has 0 unspecified atom stereocenters. The van der Waals surface area contributed by atoms with Crippen molar-refractivity contribution < 1.29 is 22.8 Å². The Bertz CT molecular complexity index is 705. The van der Waals surface area contributed by atoms with E-state index >= 15 is 0 Å². The van der Waals surface area contributed by atoms with Crippen molar-refractivity contribution >= 4 is 23.0 Å². The van der Waals surface area contributed by atoms with Crippen LogP contribution in [0.4, 0.5) is 13.2 Å². The van der Waals surface area contributed by atoms with Gasteiger partial charge in [0, 0.05) is 18.9 Å². The Kier molecular flexibility index (Phi) is 4.36. The molecule has 2 aromatic rings. The molecular weight excluding hydrogens is 319 g/mol. The first-order chi connectivity index (χ1) is 10.2. The molecule has 0 spiro atoms. The highest BCUT2D eigenvalue weighted by molar-refractivity contribution is 7.16. The van der Waals surface area contributed by atoms with Gasteiger partial charge < -0.3 is 9.88 Å². The second-order valence-corrected chi connectivity index (χ2v) is 5.75. The molecule has 1 amide bonds. The maximum atomic E-state index is 12.3. The van der Waals surface area contributed by atoms with Crippen molar-refractivity contribution in [2.24, 2.45) is 0 Å². The maximum absolute atomic E-state index is 12.3. The van der Waals surface area contributed by atoms with Gasteiger partial charge in [-0.15, -0.1) is 11.3 Å². The Labute approximate surface area is 127 Å². The van der Waals surface area contributed by atoms with E-state index < -0.39 is 22.7 Å². The number of H-pyrrole nitrogens is 1. The average molecular weight is 331 g/mol. The standard InChI is InChI=1S/C13H12F3N3O2S/c1-7-5-17-10(18-7)6-19(2)12(21)9-4-3-8(22-9)11(20)13(14,15)16/h3-5H,6H2,1-2H3,(H,17,18). The number of nitrogens with zero attached hydrogens (tertiary/aromatic N) is 2. The highest BCUT2D eigenvalue weighted by Crippen LogP contribution is 2.27. The van der Waals surface area contributed by atoms with Crippen molar-refractivity contribution in [1.82, 2.24) is 14.9 Å². The van der Waals surface area contributed by atoms with E-state index in [4.69, 9.17) is 0 Å². The van der Waals surface area contributed by atoms with Crippen molar-refractivity contribution in [3.05, 3.63) is 39.6 Å². The molecule has 0 aliphatic carbocycles. The number of carbonyl (C=O) groups is 2. The SMILES string of the molecule is Cc1cnc(CN(C)C(=O)c2ccc(C(=O)C(F)(F)F)s2)[nH]1. The van der Waals surface area contributed by atoms with Crippen LogP contribution in [-0.2, 0) is 6.54 Å². The largest absolute Gasteiger partial charge is 0.455 e. The van der Waals surface area contributed by atoms with Gasteiger partial charge >= 0.3 is 6.18 Å². The first-order valence-corrected chi connectivity index (χ1v) is 6.97. The molecule has 22 heavy (non-hydrogen) atoms. The van der Waals surface area contributed by atoms with Gasteiger partial charge in [0.25, 0.3) is 11.7 Å². The molecular formula is C13H12F3N3O2S. The lowest BCUT2D eigenvalue weighted by molar-refractivity contribution is -0.0882. The highest BCUT2D eigenvalue weighted by Gasteiger charge is 2.40. The average Bonchev–Trinajstić information content (AvgIpc) is 3.05. The number of carbonyl (C=O) groups excluding carboxylic acids is 2. The zero-order valence-corrected chi connectivity index (χ0v) is 12.5. The molecule has 2 heterocycles. The fourth-order valence-electron chi connectivity index (χ4n) is 1.75. The number of imidazole rings is 1. The van der Waals surface area contributed by atoms with Crippen LogP contribution in [0.2, 0.25) is 0 Å². The molecule has 0 aliphatic heterocycles. The van der Waals surface area contributed by atoms with Crippen LogP contribution in [0.25, 0.3) is 0 Å². The van der Waals surface area contributed by atoms with Crippen LogP contribution in [0.15, 0.2) is 18.3 Å². The number of aromatic nitrogens is 2. The lowest BCUT2D eigenvalue weighted by atomic mass is 10.3. The topological polar surface area (TPSA) is 66.1 Å². The Hall–Kier alpha value is -2.16. The number of halogens is 3. The van der Waals surface area contributed by atoms with Gasteiger partial charge in [-0.1, -0.05) is 0 Å². The van der Waals surface area contributed by atoms with Crippen LogP contribution in [-0.4, -0.2) is 39.8 Å². The zero-order valence-electron chi connectivity index (χ0n) is 11.7. The molecule has 5 nitrogen and oxygen atoms in total. The van der Waals surface area contributed by atoms with E-state index in [9.17, 15) is 22.8 Å². The molecule has 0 saturated carbocycles. The van der Waals surface area contributed by atoms with Crippen molar-refractivity contribution in [3.63, 3.8) is 0 Å². The summed E-state index contributed by atoms with van der Waals surface area (Å²) in [7, 11) is 1.51. The number of aryl methyl sites for hydroxylation is 1. The predicted octanol–water partition coefficient (Wildman–Crippen LogP) is 2.80. The van der Waals surface area contributed by atoms with E-state index in [-0.39, 0.29) is 11.4 Å². The van der Waals surface area contributed by atoms with Crippen molar-refractivity contribution in [3.8, 4) is 0 Å². The van der Waals surface area contributed by atoms with Gasteiger partial charge in [0.2, 0.25) is 0 Å². The second kappa shape index (κ2) is 5.91. The number of thiophene rings is 1. The minimum Gasteiger partial charge on any atom is -0.345 e. The van der Waals surface area contributed by atoms with Crippen LogP contribution in [0, 0.1) is 6.92 Å². The quantitative estimate of drug-likeness (QED) is 0.876. The smallest absolute Gasteiger partial charge is 0.345 e. The Morgan fingerprint density at radius 2 is 1.95 bits per heavy atom. The predicted molar refractivity (Wildman–Crippen MR) is 73.8 cm³/mol. The normalized spacial score (nSPS) is 11.5. The van der Waals surface area contributed by atoms with Crippen LogP contribution in [0.3, 0.4) is 0 Å². The van der Waals surface area contributed by atoms with Gasteiger partial charge in [0.05, 0.1) is 16.3 Å². The number of aromatic amines is 1. The lowest BCUT2D eigenvalue weighted by Crippen LogP contribution is -2.26. The fourth-order valence-corrected chi connectivity index (χ4v) is 2.71. The van der Waals surface area contributed by atoms with Crippen molar-refractivity contribution in [1.29, 1.82) is 0 Å². The summed E-state index contributed by atoms with van der Waals surface area (Å²) >= 11 is 0.529. The number of ketones is 1. The van der Waals surface area contributed by atoms with Crippen LogP contribution in [0.1, 0.15) is 30.9 Å². The minimum absolute atomic E-state index is 0.0679. The molecule has 2 rings (SSSR count). The summed E-state index contributed by atoms with van der Waals surface area (Å²) in [4.78, 5) is 31.1. The summed E-state index contributed by atoms with van der Waals surface area (Å²) in [6.07, 6.45) is -3.33. The number of hydrogen-bond donors (Lipinski definition) is 1.